The van der Waals surface area contributed by atoms with Crippen LogP contribution in [0.4, 0.5) is 5.69 Å². The molecule has 0 amide bonds. The zero-order valence-electron chi connectivity index (χ0n) is 10.3. The van der Waals surface area contributed by atoms with E-state index in [1.807, 2.05) is 0 Å². The van der Waals surface area contributed by atoms with Crippen LogP contribution in [0.25, 0.3) is 0 Å². The van der Waals surface area contributed by atoms with Crippen molar-refractivity contribution >= 4 is 15.7 Å². The quantitative estimate of drug-likeness (QED) is 0.785. The zero-order valence-corrected chi connectivity index (χ0v) is 11.2. The summed E-state index contributed by atoms with van der Waals surface area (Å²) in [4.78, 5) is 0.224. The molecule has 0 aromatic heterocycles. The molecule has 0 radical (unpaired) electrons. The van der Waals surface area contributed by atoms with Gasteiger partial charge in [0.05, 0.1) is 10.5 Å². The number of benzene rings is 1. The summed E-state index contributed by atoms with van der Waals surface area (Å²) in [6.45, 7) is 0.316. The molecule has 0 saturated heterocycles. The second-order valence-electron chi connectivity index (χ2n) is 4.63. The third kappa shape index (κ3) is 2.66. The molecule has 1 aliphatic rings. The number of hydrogen-bond donors (Lipinski definition) is 2. The molecule has 0 bridgehead atoms. The molecule has 1 aliphatic carbocycles. The van der Waals surface area contributed by atoms with Gasteiger partial charge in [-0.3, -0.25) is 0 Å². The molecule has 1 aromatic carbocycles. The minimum Gasteiger partial charge on any atom is -0.399 e. The van der Waals surface area contributed by atoms with E-state index in [0.717, 1.165) is 19.3 Å². The molecule has 0 aliphatic heterocycles. The Morgan fingerprint density at radius 3 is 2.39 bits per heavy atom. The van der Waals surface area contributed by atoms with E-state index >= 15 is 0 Å². The lowest BCUT2D eigenvalue weighted by molar-refractivity contribution is -0.0659. The Balaban J connectivity index is 2.05. The number of methoxy groups -OCH3 is 1. The van der Waals surface area contributed by atoms with Crippen LogP contribution in [0.1, 0.15) is 19.3 Å². The lowest BCUT2D eigenvalue weighted by atomic mass is 9.80. The van der Waals surface area contributed by atoms with Crippen molar-refractivity contribution in [2.45, 2.75) is 29.8 Å². The molecule has 18 heavy (non-hydrogen) atoms. The number of nitrogens with two attached hydrogens (primary N) is 1. The third-order valence-corrected chi connectivity index (χ3v) is 4.89. The molecule has 6 heteroatoms. The van der Waals surface area contributed by atoms with E-state index in [9.17, 15) is 8.42 Å². The SMILES string of the molecule is COC1(CNS(=O)(=O)c2ccc(N)cc2)CCC1. The Kier molecular flexibility index (Phi) is 3.61. The lowest BCUT2D eigenvalue weighted by Gasteiger charge is -2.40. The van der Waals surface area contributed by atoms with Gasteiger partial charge in [0, 0.05) is 19.3 Å². The standard InChI is InChI=1S/C12H18N2O3S/c1-17-12(7-2-8-12)9-14-18(15,16)11-5-3-10(13)4-6-11/h3-6,14H,2,7-9,13H2,1H3. The van der Waals surface area contributed by atoms with Crippen LogP contribution >= 0.6 is 0 Å². The first-order valence-electron chi connectivity index (χ1n) is 5.88. The normalized spacial score (nSPS) is 18.3. The Bertz CT molecular complexity index is 501. The molecule has 5 nitrogen and oxygen atoms in total. The summed E-state index contributed by atoms with van der Waals surface area (Å²) in [6.07, 6.45) is 2.87. The molecule has 0 spiro atoms. The van der Waals surface area contributed by atoms with Gasteiger partial charge in [0.1, 0.15) is 0 Å². The van der Waals surface area contributed by atoms with Gasteiger partial charge in [-0.15, -0.1) is 0 Å². The van der Waals surface area contributed by atoms with Crippen molar-refractivity contribution in [2.75, 3.05) is 19.4 Å². The van der Waals surface area contributed by atoms with E-state index < -0.39 is 10.0 Å². The fraction of sp³-hybridized carbons (Fsp3) is 0.500. The van der Waals surface area contributed by atoms with Crippen LogP contribution < -0.4 is 10.5 Å². The summed E-state index contributed by atoms with van der Waals surface area (Å²) in [6, 6.07) is 6.14. The highest BCUT2D eigenvalue weighted by molar-refractivity contribution is 7.89. The second-order valence-corrected chi connectivity index (χ2v) is 6.40. The fourth-order valence-electron chi connectivity index (χ4n) is 1.98. The van der Waals surface area contributed by atoms with Crippen molar-refractivity contribution in [1.29, 1.82) is 0 Å². The predicted molar refractivity (Wildman–Crippen MR) is 69.6 cm³/mol. The maximum absolute atomic E-state index is 12.0. The van der Waals surface area contributed by atoms with Crippen molar-refractivity contribution in [2.24, 2.45) is 0 Å². The van der Waals surface area contributed by atoms with E-state index in [1.165, 1.54) is 12.1 Å². The highest BCUT2D eigenvalue weighted by Gasteiger charge is 2.37. The summed E-state index contributed by atoms with van der Waals surface area (Å²) in [5, 5.41) is 0. The first-order chi connectivity index (χ1) is 8.47. The Morgan fingerprint density at radius 2 is 1.94 bits per heavy atom. The van der Waals surface area contributed by atoms with Gasteiger partial charge in [-0.2, -0.15) is 0 Å². The topological polar surface area (TPSA) is 81.4 Å². The van der Waals surface area contributed by atoms with Gasteiger partial charge in [-0.1, -0.05) is 0 Å². The number of sulfonamides is 1. The van der Waals surface area contributed by atoms with Crippen molar-refractivity contribution in [3.63, 3.8) is 0 Å². The zero-order chi connectivity index (χ0) is 13.2. The average molecular weight is 270 g/mol. The van der Waals surface area contributed by atoms with Crippen molar-refractivity contribution < 1.29 is 13.2 Å². The molecule has 1 saturated carbocycles. The third-order valence-electron chi connectivity index (χ3n) is 3.47. The van der Waals surface area contributed by atoms with Crippen molar-refractivity contribution in [3.05, 3.63) is 24.3 Å². The van der Waals surface area contributed by atoms with Crippen LogP contribution in [0, 0.1) is 0 Å². The summed E-state index contributed by atoms with van der Waals surface area (Å²) < 4.78 is 32.0. The van der Waals surface area contributed by atoms with Gasteiger partial charge in [-0.05, 0) is 43.5 Å². The molecule has 100 valence electrons. The van der Waals surface area contributed by atoms with Gasteiger partial charge in [-0.25, -0.2) is 13.1 Å². The number of hydrogen-bond acceptors (Lipinski definition) is 4. The van der Waals surface area contributed by atoms with Gasteiger partial charge in [0.25, 0.3) is 0 Å². The Hall–Kier alpha value is -1.11. The van der Waals surface area contributed by atoms with Crippen LogP contribution in [-0.2, 0) is 14.8 Å². The van der Waals surface area contributed by atoms with E-state index in [1.54, 1.807) is 19.2 Å². The second kappa shape index (κ2) is 4.87. The lowest BCUT2D eigenvalue weighted by Crippen LogP contribution is -2.49. The maximum Gasteiger partial charge on any atom is 0.240 e. The molecular weight excluding hydrogens is 252 g/mol. The Morgan fingerprint density at radius 1 is 1.33 bits per heavy atom. The van der Waals surface area contributed by atoms with Crippen molar-refractivity contribution in [3.8, 4) is 0 Å². The summed E-state index contributed by atoms with van der Waals surface area (Å²) >= 11 is 0. The minimum absolute atomic E-state index is 0.224. The largest absolute Gasteiger partial charge is 0.399 e. The smallest absolute Gasteiger partial charge is 0.240 e. The van der Waals surface area contributed by atoms with Crippen LogP contribution in [0.5, 0.6) is 0 Å². The van der Waals surface area contributed by atoms with Gasteiger partial charge < -0.3 is 10.5 Å². The predicted octanol–water partition coefficient (Wildman–Crippen LogP) is 1.12. The Labute approximate surface area is 107 Å². The van der Waals surface area contributed by atoms with Gasteiger partial charge in [0.2, 0.25) is 10.0 Å². The summed E-state index contributed by atoms with van der Waals surface area (Å²) in [5.41, 5.74) is 5.75. The van der Waals surface area contributed by atoms with Crippen LogP contribution in [-0.4, -0.2) is 27.7 Å². The number of rotatable bonds is 5. The number of ether oxygens (including phenoxy) is 1. The van der Waals surface area contributed by atoms with Crippen molar-refractivity contribution in [1.82, 2.24) is 4.72 Å². The maximum atomic E-state index is 12.0. The highest BCUT2D eigenvalue weighted by atomic mass is 32.2. The van der Waals surface area contributed by atoms with Crippen LogP contribution in [0.3, 0.4) is 0 Å². The van der Waals surface area contributed by atoms with Crippen LogP contribution in [0.2, 0.25) is 0 Å². The fourth-order valence-corrected chi connectivity index (χ4v) is 3.10. The van der Waals surface area contributed by atoms with E-state index in [2.05, 4.69) is 4.72 Å². The van der Waals surface area contributed by atoms with Gasteiger partial charge >= 0.3 is 0 Å². The molecular formula is C12H18N2O3S. The number of nitrogens with one attached hydrogen (secondary N) is 1. The molecule has 3 N–H and O–H groups in total. The molecule has 1 fully saturated rings. The van der Waals surface area contributed by atoms with E-state index in [4.69, 9.17) is 10.5 Å². The van der Waals surface area contributed by atoms with Crippen LogP contribution in [0.15, 0.2) is 29.2 Å². The number of anilines is 1. The summed E-state index contributed by atoms with van der Waals surface area (Å²) in [7, 11) is -1.86. The van der Waals surface area contributed by atoms with E-state index in [0.29, 0.717) is 12.2 Å². The highest BCUT2D eigenvalue weighted by Crippen LogP contribution is 2.34. The summed E-state index contributed by atoms with van der Waals surface area (Å²) in [5.74, 6) is 0. The molecule has 0 heterocycles. The number of nitrogen functional groups attached to an aromatic ring is 1. The first kappa shape index (κ1) is 13.3. The van der Waals surface area contributed by atoms with E-state index in [-0.39, 0.29) is 10.5 Å². The molecule has 0 unspecified atom stereocenters. The van der Waals surface area contributed by atoms with Gasteiger partial charge in [0.15, 0.2) is 0 Å². The monoisotopic (exact) mass is 270 g/mol. The minimum atomic E-state index is -3.48. The molecule has 2 rings (SSSR count). The molecule has 1 aromatic rings. The average Bonchev–Trinajstić information content (AvgIpc) is 2.29. The molecule has 0 atom stereocenters. The first-order valence-corrected chi connectivity index (χ1v) is 7.36.